The highest BCUT2D eigenvalue weighted by Gasteiger charge is 2.01. The highest BCUT2D eigenvalue weighted by atomic mass is 19.1. The number of hydrogen-bond donors (Lipinski definition) is 1. The van der Waals surface area contributed by atoms with E-state index in [2.05, 4.69) is 4.98 Å². The van der Waals surface area contributed by atoms with Crippen LogP contribution < -0.4 is 5.73 Å². The normalized spacial score (nSPS) is 13.0. The molecule has 1 aromatic heterocycles. The van der Waals surface area contributed by atoms with Crippen molar-refractivity contribution in [1.29, 1.82) is 0 Å². The van der Waals surface area contributed by atoms with Gasteiger partial charge in [0.05, 0.1) is 0 Å². The molecule has 0 saturated carbocycles. The Balaban J connectivity index is 2.96. The predicted octanol–water partition coefficient (Wildman–Crippen LogP) is 1.69. The van der Waals surface area contributed by atoms with Gasteiger partial charge >= 0.3 is 0 Å². The third-order valence-corrected chi connectivity index (χ3v) is 1.26. The SMILES string of the molecule is CC(F)c1ccnc(N)c1. The number of pyridine rings is 1. The minimum Gasteiger partial charge on any atom is -0.384 e. The number of alkyl halides is 1. The molecule has 0 spiro atoms. The highest BCUT2D eigenvalue weighted by Crippen LogP contribution is 2.16. The van der Waals surface area contributed by atoms with Crippen LogP contribution in [0.25, 0.3) is 0 Å². The average molecular weight is 140 g/mol. The molecule has 0 bridgehead atoms. The second-order valence-electron chi connectivity index (χ2n) is 2.13. The van der Waals surface area contributed by atoms with Crippen molar-refractivity contribution >= 4 is 5.82 Å². The number of aromatic nitrogens is 1. The summed E-state index contributed by atoms with van der Waals surface area (Å²) in [5, 5.41) is 0. The van der Waals surface area contributed by atoms with E-state index < -0.39 is 6.17 Å². The van der Waals surface area contributed by atoms with Crippen molar-refractivity contribution in [2.45, 2.75) is 13.1 Å². The van der Waals surface area contributed by atoms with Gasteiger partial charge in [-0.1, -0.05) is 0 Å². The highest BCUT2D eigenvalue weighted by molar-refractivity contribution is 5.32. The lowest BCUT2D eigenvalue weighted by Crippen LogP contribution is -1.92. The summed E-state index contributed by atoms with van der Waals surface area (Å²) in [6.07, 6.45) is 0.533. The van der Waals surface area contributed by atoms with E-state index in [9.17, 15) is 4.39 Å². The first-order valence-electron chi connectivity index (χ1n) is 3.05. The lowest BCUT2D eigenvalue weighted by Gasteiger charge is -2.00. The van der Waals surface area contributed by atoms with E-state index in [0.29, 0.717) is 11.4 Å². The minimum absolute atomic E-state index is 0.363. The van der Waals surface area contributed by atoms with Crippen molar-refractivity contribution in [2.24, 2.45) is 0 Å². The molecule has 2 nitrogen and oxygen atoms in total. The lowest BCUT2D eigenvalue weighted by molar-refractivity contribution is 0.374. The van der Waals surface area contributed by atoms with Crippen LogP contribution in [0.3, 0.4) is 0 Å². The molecule has 3 heteroatoms. The van der Waals surface area contributed by atoms with Crippen LogP contribution in [0.4, 0.5) is 10.2 Å². The Morgan fingerprint density at radius 3 is 2.80 bits per heavy atom. The van der Waals surface area contributed by atoms with Crippen LogP contribution in [0.1, 0.15) is 18.7 Å². The van der Waals surface area contributed by atoms with E-state index in [0.717, 1.165) is 0 Å². The summed E-state index contributed by atoms with van der Waals surface area (Å²) in [6, 6.07) is 3.14. The van der Waals surface area contributed by atoms with Gasteiger partial charge in [-0.25, -0.2) is 9.37 Å². The van der Waals surface area contributed by atoms with Crippen LogP contribution in [0.15, 0.2) is 18.3 Å². The average Bonchev–Trinajstić information content (AvgIpc) is 1.88. The topological polar surface area (TPSA) is 38.9 Å². The Morgan fingerprint density at radius 1 is 1.70 bits per heavy atom. The molecule has 1 rings (SSSR count). The van der Waals surface area contributed by atoms with Gasteiger partial charge in [-0.05, 0) is 24.6 Å². The van der Waals surface area contributed by atoms with Crippen LogP contribution in [0.2, 0.25) is 0 Å². The zero-order valence-electron chi connectivity index (χ0n) is 5.71. The smallest absolute Gasteiger partial charge is 0.123 e. The molecule has 0 amide bonds. The first kappa shape index (κ1) is 6.99. The molecular formula is C7H9FN2. The quantitative estimate of drug-likeness (QED) is 0.644. The molecule has 1 atom stereocenters. The fourth-order valence-corrected chi connectivity index (χ4v) is 0.713. The molecular weight excluding hydrogens is 131 g/mol. The van der Waals surface area contributed by atoms with Crippen molar-refractivity contribution in [3.05, 3.63) is 23.9 Å². The van der Waals surface area contributed by atoms with Gasteiger partial charge in [-0.15, -0.1) is 0 Å². The fourth-order valence-electron chi connectivity index (χ4n) is 0.713. The van der Waals surface area contributed by atoms with Crippen molar-refractivity contribution in [3.8, 4) is 0 Å². The molecule has 54 valence electrons. The second-order valence-corrected chi connectivity index (χ2v) is 2.13. The summed E-state index contributed by atoms with van der Waals surface area (Å²) < 4.78 is 12.5. The van der Waals surface area contributed by atoms with Crippen molar-refractivity contribution in [1.82, 2.24) is 4.98 Å². The Hall–Kier alpha value is -1.12. The van der Waals surface area contributed by atoms with Gasteiger partial charge in [-0.3, -0.25) is 0 Å². The number of rotatable bonds is 1. The summed E-state index contributed by atoms with van der Waals surface area (Å²) in [6.45, 7) is 1.47. The van der Waals surface area contributed by atoms with Crippen LogP contribution in [0.5, 0.6) is 0 Å². The van der Waals surface area contributed by atoms with E-state index >= 15 is 0 Å². The van der Waals surface area contributed by atoms with E-state index in [-0.39, 0.29) is 0 Å². The molecule has 0 aliphatic rings. The fraction of sp³-hybridized carbons (Fsp3) is 0.286. The lowest BCUT2D eigenvalue weighted by atomic mass is 10.2. The standard InChI is InChI=1S/C7H9FN2/c1-5(8)6-2-3-10-7(9)4-6/h2-5H,1H3,(H2,9,10). The molecule has 10 heavy (non-hydrogen) atoms. The van der Waals surface area contributed by atoms with Gasteiger partial charge in [-0.2, -0.15) is 0 Å². The molecule has 1 unspecified atom stereocenters. The first-order valence-corrected chi connectivity index (χ1v) is 3.05. The Labute approximate surface area is 58.9 Å². The van der Waals surface area contributed by atoms with Crippen molar-refractivity contribution in [3.63, 3.8) is 0 Å². The number of nitrogen functional groups attached to an aromatic ring is 1. The maximum Gasteiger partial charge on any atom is 0.123 e. The van der Waals surface area contributed by atoms with Gasteiger partial charge in [0.1, 0.15) is 12.0 Å². The van der Waals surface area contributed by atoms with Gasteiger partial charge in [0.2, 0.25) is 0 Å². The molecule has 2 N–H and O–H groups in total. The van der Waals surface area contributed by atoms with E-state index in [1.165, 1.54) is 19.2 Å². The van der Waals surface area contributed by atoms with E-state index in [1.807, 2.05) is 0 Å². The molecule has 1 aromatic rings. The molecule has 0 saturated heterocycles. The van der Waals surface area contributed by atoms with Crippen LogP contribution in [0, 0.1) is 0 Å². The van der Waals surface area contributed by atoms with Crippen LogP contribution >= 0.6 is 0 Å². The zero-order valence-corrected chi connectivity index (χ0v) is 5.71. The van der Waals surface area contributed by atoms with Crippen LogP contribution in [-0.4, -0.2) is 4.98 Å². The molecule has 0 aliphatic heterocycles. The number of halogens is 1. The number of nitrogens with zero attached hydrogens (tertiary/aromatic N) is 1. The van der Waals surface area contributed by atoms with Crippen molar-refractivity contribution < 1.29 is 4.39 Å². The number of anilines is 1. The summed E-state index contributed by atoms with van der Waals surface area (Å²) in [7, 11) is 0. The minimum atomic E-state index is -0.967. The second kappa shape index (κ2) is 2.64. The number of hydrogen-bond acceptors (Lipinski definition) is 2. The molecule has 0 aromatic carbocycles. The third-order valence-electron chi connectivity index (χ3n) is 1.26. The van der Waals surface area contributed by atoms with Gasteiger partial charge in [0.25, 0.3) is 0 Å². The first-order chi connectivity index (χ1) is 4.70. The van der Waals surface area contributed by atoms with Crippen LogP contribution in [-0.2, 0) is 0 Å². The van der Waals surface area contributed by atoms with Gasteiger partial charge in [0.15, 0.2) is 0 Å². The van der Waals surface area contributed by atoms with E-state index in [4.69, 9.17) is 5.73 Å². The largest absolute Gasteiger partial charge is 0.384 e. The maximum atomic E-state index is 12.5. The molecule has 1 heterocycles. The Kier molecular flexibility index (Phi) is 1.85. The Morgan fingerprint density at radius 2 is 2.40 bits per heavy atom. The summed E-state index contributed by atoms with van der Waals surface area (Å²) in [5.41, 5.74) is 5.90. The predicted molar refractivity (Wildman–Crippen MR) is 38.2 cm³/mol. The molecule has 0 fully saturated rings. The number of nitrogens with two attached hydrogens (primary N) is 1. The maximum absolute atomic E-state index is 12.5. The zero-order chi connectivity index (χ0) is 7.56. The molecule has 0 aliphatic carbocycles. The molecule has 0 radical (unpaired) electrons. The van der Waals surface area contributed by atoms with Gasteiger partial charge in [0, 0.05) is 6.20 Å². The third kappa shape index (κ3) is 1.43. The summed E-state index contributed by atoms with van der Waals surface area (Å²) >= 11 is 0. The van der Waals surface area contributed by atoms with Gasteiger partial charge < -0.3 is 5.73 Å². The van der Waals surface area contributed by atoms with Crippen molar-refractivity contribution in [2.75, 3.05) is 5.73 Å². The van der Waals surface area contributed by atoms with E-state index in [1.54, 1.807) is 6.07 Å². The Bertz CT molecular complexity index is 223. The summed E-state index contributed by atoms with van der Waals surface area (Å²) in [5.74, 6) is 0.363. The summed E-state index contributed by atoms with van der Waals surface area (Å²) in [4.78, 5) is 3.73. The monoisotopic (exact) mass is 140 g/mol.